The molecule has 0 heterocycles. The first kappa shape index (κ1) is 41.2. The summed E-state index contributed by atoms with van der Waals surface area (Å²) >= 11 is 0. The van der Waals surface area contributed by atoms with E-state index in [0.717, 1.165) is 25.9 Å². The summed E-state index contributed by atoms with van der Waals surface area (Å²) in [5, 5.41) is 2.85. The molecule has 0 aliphatic carbocycles. The van der Waals surface area contributed by atoms with Crippen LogP contribution in [-0.2, 0) is 14.2 Å². The van der Waals surface area contributed by atoms with Crippen molar-refractivity contribution < 1.29 is 19.0 Å². The maximum absolute atomic E-state index is 12.1. The van der Waals surface area contributed by atoms with Gasteiger partial charge in [0.15, 0.2) is 0 Å². The summed E-state index contributed by atoms with van der Waals surface area (Å²) in [5.41, 5.74) is 0. The SMILES string of the molecule is CCCCCCCCCCCCCCOCC(COC(=O)NCCC(C)C)OCCCCCCCCCCCCCC. The van der Waals surface area contributed by atoms with E-state index in [9.17, 15) is 4.79 Å². The van der Waals surface area contributed by atoms with Crippen LogP contribution >= 0.6 is 0 Å². The largest absolute Gasteiger partial charge is 0.447 e. The Morgan fingerprint density at radius 1 is 0.548 bits per heavy atom. The fraction of sp³-hybridized carbons (Fsp3) is 0.973. The topological polar surface area (TPSA) is 56.8 Å². The number of nitrogens with one attached hydrogen (secondary N) is 1. The molecule has 0 spiro atoms. The summed E-state index contributed by atoms with van der Waals surface area (Å²) in [4.78, 5) is 12.1. The van der Waals surface area contributed by atoms with Crippen molar-refractivity contribution >= 4 is 6.09 Å². The molecule has 1 unspecified atom stereocenters. The Balaban J connectivity index is 3.93. The first-order valence-electron chi connectivity index (χ1n) is 18.7. The number of hydrogen-bond acceptors (Lipinski definition) is 4. The van der Waals surface area contributed by atoms with E-state index in [4.69, 9.17) is 14.2 Å². The van der Waals surface area contributed by atoms with Crippen molar-refractivity contribution in [3.8, 4) is 0 Å². The quantitative estimate of drug-likeness (QED) is 0.0750. The molecule has 1 atom stereocenters. The van der Waals surface area contributed by atoms with Gasteiger partial charge in [-0.05, 0) is 25.2 Å². The van der Waals surface area contributed by atoms with Gasteiger partial charge in [-0.25, -0.2) is 4.79 Å². The standard InChI is InChI=1S/C37H75NO4/c1-5-7-9-11-13-15-17-19-21-23-25-27-31-40-33-36(34-42-37(39)38-30-29-35(3)4)41-32-28-26-24-22-20-18-16-14-12-10-8-6-2/h35-36H,5-34H2,1-4H3,(H,38,39). The smallest absolute Gasteiger partial charge is 0.407 e. The molecule has 0 aliphatic rings. The van der Waals surface area contributed by atoms with E-state index >= 15 is 0 Å². The van der Waals surface area contributed by atoms with Crippen molar-refractivity contribution in [2.75, 3.05) is 33.0 Å². The van der Waals surface area contributed by atoms with Gasteiger partial charge in [0.1, 0.15) is 12.7 Å². The predicted molar refractivity (Wildman–Crippen MR) is 182 cm³/mol. The molecule has 0 aromatic carbocycles. The Kier molecular flexibility index (Phi) is 34.0. The molecule has 5 nitrogen and oxygen atoms in total. The average Bonchev–Trinajstić information content (AvgIpc) is 2.97. The first-order valence-corrected chi connectivity index (χ1v) is 18.7. The fourth-order valence-electron chi connectivity index (χ4n) is 5.28. The number of rotatable bonds is 34. The Labute approximate surface area is 263 Å². The van der Waals surface area contributed by atoms with Crippen LogP contribution in [0.25, 0.3) is 0 Å². The molecule has 0 aliphatic heterocycles. The van der Waals surface area contributed by atoms with Crippen LogP contribution in [0.4, 0.5) is 4.79 Å². The highest BCUT2D eigenvalue weighted by atomic mass is 16.6. The van der Waals surface area contributed by atoms with Crippen molar-refractivity contribution in [3.63, 3.8) is 0 Å². The molecule has 5 heteroatoms. The Morgan fingerprint density at radius 2 is 0.952 bits per heavy atom. The van der Waals surface area contributed by atoms with Gasteiger partial charge in [0.05, 0.1) is 6.61 Å². The Hall–Kier alpha value is -0.810. The molecule has 252 valence electrons. The summed E-state index contributed by atoms with van der Waals surface area (Å²) in [6.07, 6.45) is 32.6. The molecule has 0 saturated heterocycles. The number of alkyl carbamates (subject to hydrolysis) is 1. The first-order chi connectivity index (χ1) is 20.6. The van der Waals surface area contributed by atoms with Crippen molar-refractivity contribution in [2.45, 2.75) is 194 Å². The van der Waals surface area contributed by atoms with Gasteiger partial charge in [-0.1, -0.05) is 169 Å². The zero-order valence-corrected chi connectivity index (χ0v) is 29.0. The summed E-state index contributed by atoms with van der Waals surface area (Å²) < 4.78 is 17.5. The van der Waals surface area contributed by atoms with Crippen LogP contribution in [0.15, 0.2) is 0 Å². The maximum atomic E-state index is 12.1. The fourth-order valence-corrected chi connectivity index (χ4v) is 5.28. The normalized spacial score (nSPS) is 12.2. The van der Waals surface area contributed by atoms with E-state index in [1.165, 1.54) is 141 Å². The second-order valence-electron chi connectivity index (χ2n) is 13.1. The highest BCUT2D eigenvalue weighted by Gasteiger charge is 2.13. The van der Waals surface area contributed by atoms with Crippen LogP contribution in [0.3, 0.4) is 0 Å². The minimum absolute atomic E-state index is 0.189. The second-order valence-corrected chi connectivity index (χ2v) is 13.1. The van der Waals surface area contributed by atoms with E-state index in [0.29, 0.717) is 25.7 Å². The summed E-state index contributed by atoms with van der Waals surface area (Å²) in [5.74, 6) is 0.561. The minimum Gasteiger partial charge on any atom is -0.447 e. The molecule has 0 aromatic rings. The third kappa shape index (κ3) is 33.7. The predicted octanol–water partition coefficient (Wildman–Crippen LogP) is 11.6. The molecule has 0 fully saturated rings. The lowest BCUT2D eigenvalue weighted by atomic mass is 10.1. The maximum Gasteiger partial charge on any atom is 0.407 e. The Bertz CT molecular complexity index is 528. The molecular formula is C37H75NO4. The molecule has 42 heavy (non-hydrogen) atoms. The third-order valence-electron chi connectivity index (χ3n) is 8.19. The minimum atomic E-state index is -0.351. The Morgan fingerprint density at radius 3 is 1.38 bits per heavy atom. The van der Waals surface area contributed by atoms with E-state index < -0.39 is 0 Å². The summed E-state index contributed by atoms with van der Waals surface area (Å²) in [7, 11) is 0. The van der Waals surface area contributed by atoms with Gasteiger partial charge in [0.2, 0.25) is 0 Å². The molecule has 0 aromatic heterocycles. The molecule has 0 radical (unpaired) electrons. The molecule has 0 rings (SSSR count). The molecule has 0 bridgehead atoms. The van der Waals surface area contributed by atoms with Gasteiger partial charge in [-0.3, -0.25) is 0 Å². The van der Waals surface area contributed by atoms with E-state index in [1.54, 1.807) is 0 Å². The van der Waals surface area contributed by atoms with Gasteiger partial charge in [-0.2, -0.15) is 0 Å². The highest BCUT2D eigenvalue weighted by molar-refractivity contribution is 5.67. The van der Waals surface area contributed by atoms with Gasteiger partial charge in [0.25, 0.3) is 0 Å². The van der Waals surface area contributed by atoms with Gasteiger partial charge in [0, 0.05) is 19.8 Å². The highest BCUT2D eigenvalue weighted by Crippen LogP contribution is 2.13. The van der Waals surface area contributed by atoms with Gasteiger partial charge in [-0.15, -0.1) is 0 Å². The zero-order chi connectivity index (χ0) is 30.8. The third-order valence-corrected chi connectivity index (χ3v) is 8.19. The number of amides is 1. The van der Waals surface area contributed by atoms with Crippen molar-refractivity contribution in [2.24, 2.45) is 5.92 Å². The molecular weight excluding hydrogens is 522 g/mol. The number of carbonyl (C=O) groups is 1. The van der Waals surface area contributed by atoms with E-state index in [-0.39, 0.29) is 18.8 Å². The zero-order valence-electron chi connectivity index (χ0n) is 29.0. The van der Waals surface area contributed by atoms with Crippen molar-refractivity contribution in [1.82, 2.24) is 5.32 Å². The number of unbranched alkanes of at least 4 members (excludes halogenated alkanes) is 22. The number of hydrogen-bond donors (Lipinski definition) is 1. The second kappa shape index (κ2) is 34.7. The van der Waals surface area contributed by atoms with E-state index in [1.807, 2.05) is 0 Å². The lowest BCUT2D eigenvalue weighted by molar-refractivity contribution is -0.0468. The summed E-state index contributed by atoms with van der Waals surface area (Å²) in [6, 6.07) is 0. The van der Waals surface area contributed by atoms with Crippen LogP contribution in [-0.4, -0.2) is 45.2 Å². The van der Waals surface area contributed by atoms with Crippen LogP contribution in [0.1, 0.15) is 188 Å². The lowest BCUT2D eigenvalue weighted by Gasteiger charge is -2.18. The summed E-state index contributed by atoms with van der Waals surface area (Å²) in [6.45, 7) is 11.7. The molecule has 1 N–H and O–H groups in total. The van der Waals surface area contributed by atoms with Crippen LogP contribution in [0.2, 0.25) is 0 Å². The molecule has 0 saturated carbocycles. The number of ether oxygens (including phenoxy) is 3. The monoisotopic (exact) mass is 598 g/mol. The van der Waals surface area contributed by atoms with Crippen LogP contribution in [0, 0.1) is 5.92 Å². The van der Waals surface area contributed by atoms with E-state index in [2.05, 4.69) is 33.0 Å². The van der Waals surface area contributed by atoms with Crippen LogP contribution in [0.5, 0.6) is 0 Å². The number of carbonyl (C=O) groups excluding carboxylic acids is 1. The molecule has 1 amide bonds. The van der Waals surface area contributed by atoms with Crippen molar-refractivity contribution in [3.05, 3.63) is 0 Å². The average molecular weight is 598 g/mol. The van der Waals surface area contributed by atoms with Gasteiger partial charge >= 0.3 is 6.09 Å². The van der Waals surface area contributed by atoms with Crippen LogP contribution < -0.4 is 5.32 Å². The van der Waals surface area contributed by atoms with Crippen molar-refractivity contribution in [1.29, 1.82) is 0 Å². The van der Waals surface area contributed by atoms with Gasteiger partial charge < -0.3 is 19.5 Å². The lowest BCUT2D eigenvalue weighted by Crippen LogP contribution is -2.32.